The van der Waals surface area contributed by atoms with Gasteiger partial charge in [-0.3, -0.25) is 0 Å². The fourth-order valence-corrected chi connectivity index (χ4v) is 3.42. The van der Waals surface area contributed by atoms with E-state index in [2.05, 4.69) is 17.2 Å². The molecule has 1 saturated carbocycles. The number of anilines is 1. The molecule has 4 nitrogen and oxygen atoms in total. The van der Waals surface area contributed by atoms with E-state index in [1.165, 1.54) is 43.4 Å². The van der Waals surface area contributed by atoms with Gasteiger partial charge in [-0.2, -0.15) is 0 Å². The second-order valence-electron chi connectivity index (χ2n) is 5.03. The summed E-state index contributed by atoms with van der Waals surface area (Å²) in [7, 11) is 0. The summed E-state index contributed by atoms with van der Waals surface area (Å²) in [5, 5.41) is 4.35. The lowest BCUT2D eigenvalue weighted by atomic mass is 9.84. The minimum atomic E-state index is -0.325. The average Bonchev–Trinajstić information content (AvgIpc) is 2.87. The fourth-order valence-electron chi connectivity index (χ4n) is 2.67. The lowest BCUT2D eigenvalue weighted by Gasteiger charge is -2.29. The molecule has 0 spiro atoms. The van der Waals surface area contributed by atoms with Crippen LogP contribution in [0, 0.1) is 5.92 Å². The normalized spacial score (nSPS) is 23.1. The molecule has 106 valence electrons. The molecule has 0 aliphatic heterocycles. The number of ether oxygens (including phenoxy) is 1. The molecule has 0 bridgehead atoms. The molecular formula is C14H22N2O2S. The Labute approximate surface area is 118 Å². The van der Waals surface area contributed by atoms with E-state index in [9.17, 15) is 4.79 Å². The van der Waals surface area contributed by atoms with Gasteiger partial charge >= 0.3 is 5.97 Å². The van der Waals surface area contributed by atoms with Crippen LogP contribution in [0.5, 0.6) is 0 Å². The van der Waals surface area contributed by atoms with E-state index in [-0.39, 0.29) is 5.97 Å². The van der Waals surface area contributed by atoms with Crippen molar-refractivity contribution in [1.82, 2.24) is 4.98 Å². The Kier molecular flexibility index (Phi) is 5.19. The molecule has 1 heterocycles. The van der Waals surface area contributed by atoms with Crippen LogP contribution in [0.25, 0.3) is 0 Å². The summed E-state index contributed by atoms with van der Waals surface area (Å²) in [6.45, 7) is 4.45. The van der Waals surface area contributed by atoms with Gasteiger partial charge in [-0.05, 0) is 25.7 Å². The topological polar surface area (TPSA) is 51.2 Å². The number of aromatic nitrogens is 1. The molecule has 1 fully saturated rings. The van der Waals surface area contributed by atoms with Crippen LogP contribution in [0.15, 0.2) is 5.51 Å². The third-order valence-corrected chi connectivity index (χ3v) is 4.49. The maximum atomic E-state index is 11.8. The van der Waals surface area contributed by atoms with Crippen molar-refractivity contribution in [2.45, 2.75) is 52.0 Å². The molecule has 5 heteroatoms. The Morgan fingerprint density at radius 2 is 2.37 bits per heavy atom. The van der Waals surface area contributed by atoms with Crippen molar-refractivity contribution in [3.8, 4) is 0 Å². The van der Waals surface area contributed by atoms with Crippen molar-refractivity contribution in [2.75, 3.05) is 11.9 Å². The number of nitrogens with one attached hydrogen (secondary N) is 1. The molecule has 1 aromatic heterocycles. The van der Waals surface area contributed by atoms with Crippen LogP contribution in [0.1, 0.15) is 56.4 Å². The van der Waals surface area contributed by atoms with E-state index < -0.39 is 0 Å². The maximum absolute atomic E-state index is 11.8. The van der Waals surface area contributed by atoms with Gasteiger partial charge in [0.05, 0.1) is 12.1 Å². The number of rotatable bonds is 5. The number of carbonyl (C=O) groups excluding carboxylic acids is 1. The zero-order valence-electron chi connectivity index (χ0n) is 11.6. The van der Waals surface area contributed by atoms with Crippen molar-refractivity contribution in [2.24, 2.45) is 5.92 Å². The Morgan fingerprint density at radius 1 is 1.53 bits per heavy atom. The lowest BCUT2D eigenvalue weighted by molar-refractivity contribution is 0.0521. The highest BCUT2D eigenvalue weighted by Crippen LogP contribution is 2.31. The highest BCUT2D eigenvalue weighted by atomic mass is 32.1. The van der Waals surface area contributed by atoms with Gasteiger partial charge in [0.15, 0.2) is 5.69 Å². The van der Waals surface area contributed by atoms with Crippen LogP contribution in [-0.2, 0) is 4.74 Å². The Hall–Kier alpha value is -1.10. The van der Waals surface area contributed by atoms with E-state index >= 15 is 0 Å². The van der Waals surface area contributed by atoms with E-state index in [1.54, 1.807) is 5.51 Å². The molecular weight excluding hydrogens is 260 g/mol. The lowest BCUT2D eigenvalue weighted by Crippen LogP contribution is -2.27. The van der Waals surface area contributed by atoms with Gasteiger partial charge in [-0.15, -0.1) is 11.3 Å². The van der Waals surface area contributed by atoms with Crippen LogP contribution in [0.2, 0.25) is 0 Å². The zero-order valence-corrected chi connectivity index (χ0v) is 12.5. The van der Waals surface area contributed by atoms with Crippen LogP contribution in [0.3, 0.4) is 0 Å². The van der Waals surface area contributed by atoms with E-state index in [0.717, 1.165) is 10.9 Å². The Bertz CT molecular complexity index is 419. The number of carbonyl (C=O) groups is 1. The zero-order chi connectivity index (χ0) is 13.7. The van der Waals surface area contributed by atoms with Gasteiger partial charge in [0.25, 0.3) is 0 Å². The van der Waals surface area contributed by atoms with Crippen molar-refractivity contribution < 1.29 is 9.53 Å². The minimum Gasteiger partial charge on any atom is -0.461 e. The van der Waals surface area contributed by atoms with Gasteiger partial charge in [0, 0.05) is 6.04 Å². The third kappa shape index (κ3) is 3.69. The largest absolute Gasteiger partial charge is 0.461 e. The smallest absolute Gasteiger partial charge is 0.360 e. The van der Waals surface area contributed by atoms with Gasteiger partial charge in [0.1, 0.15) is 5.00 Å². The summed E-state index contributed by atoms with van der Waals surface area (Å²) in [4.78, 5) is 15.9. The average molecular weight is 282 g/mol. The summed E-state index contributed by atoms with van der Waals surface area (Å²) >= 11 is 1.48. The summed E-state index contributed by atoms with van der Waals surface area (Å²) in [5.74, 6) is 0.485. The molecule has 0 aromatic carbocycles. The van der Waals surface area contributed by atoms with Crippen LogP contribution < -0.4 is 5.32 Å². The second kappa shape index (κ2) is 6.89. The van der Waals surface area contributed by atoms with Crippen LogP contribution in [0.4, 0.5) is 5.00 Å². The molecule has 1 aromatic rings. The SMILES string of the molecule is CCOC(=O)c1ncsc1NC1CCCC(CC)C1. The van der Waals surface area contributed by atoms with Crippen LogP contribution in [-0.4, -0.2) is 23.6 Å². The number of thiazole rings is 1. The van der Waals surface area contributed by atoms with Gasteiger partial charge in [0.2, 0.25) is 0 Å². The number of nitrogens with zero attached hydrogens (tertiary/aromatic N) is 1. The summed E-state index contributed by atoms with van der Waals surface area (Å²) in [6.07, 6.45) is 6.21. The quantitative estimate of drug-likeness (QED) is 0.837. The van der Waals surface area contributed by atoms with E-state index in [1.807, 2.05) is 6.92 Å². The number of esters is 1. The fraction of sp³-hybridized carbons (Fsp3) is 0.714. The standard InChI is InChI=1S/C14H22N2O2S/c1-3-10-6-5-7-11(8-10)16-13-12(15-9-19-13)14(17)18-4-2/h9-11,16H,3-8H2,1-2H3. The minimum absolute atomic E-state index is 0.325. The van der Waals surface area contributed by atoms with E-state index in [4.69, 9.17) is 4.74 Å². The third-order valence-electron chi connectivity index (χ3n) is 3.73. The monoisotopic (exact) mass is 282 g/mol. The maximum Gasteiger partial charge on any atom is 0.360 e. The molecule has 2 rings (SSSR count). The van der Waals surface area contributed by atoms with Crippen molar-refractivity contribution in [1.29, 1.82) is 0 Å². The summed E-state index contributed by atoms with van der Waals surface area (Å²) in [6, 6.07) is 0.465. The molecule has 1 aliphatic rings. The first-order valence-electron chi connectivity index (χ1n) is 7.11. The highest BCUT2D eigenvalue weighted by Gasteiger charge is 2.23. The van der Waals surface area contributed by atoms with Crippen molar-refractivity contribution >= 4 is 22.3 Å². The summed E-state index contributed by atoms with van der Waals surface area (Å²) in [5.41, 5.74) is 2.14. The van der Waals surface area contributed by atoms with Crippen LogP contribution >= 0.6 is 11.3 Å². The van der Waals surface area contributed by atoms with E-state index in [0.29, 0.717) is 18.3 Å². The number of hydrogen-bond acceptors (Lipinski definition) is 5. The first kappa shape index (κ1) is 14.3. The summed E-state index contributed by atoms with van der Waals surface area (Å²) < 4.78 is 5.02. The molecule has 0 amide bonds. The number of hydrogen-bond donors (Lipinski definition) is 1. The molecule has 0 saturated heterocycles. The van der Waals surface area contributed by atoms with Gasteiger partial charge < -0.3 is 10.1 Å². The van der Waals surface area contributed by atoms with Crippen molar-refractivity contribution in [3.63, 3.8) is 0 Å². The molecule has 1 N–H and O–H groups in total. The molecule has 0 radical (unpaired) electrons. The predicted molar refractivity (Wildman–Crippen MR) is 77.7 cm³/mol. The Morgan fingerprint density at radius 3 is 3.11 bits per heavy atom. The highest BCUT2D eigenvalue weighted by molar-refractivity contribution is 7.14. The van der Waals surface area contributed by atoms with Gasteiger partial charge in [-0.25, -0.2) is 9.78 Å². The first-order valence-corrected chi connectivity index (χ1v) is 7.99. The second-order valence-corrected chi connectivity index (χ2v) is 5.89. The first-order chi connectivity index (χ1) is 9.24. The van der Waals surface area contributed by atoms with Crippen molar-refractivity contribution in [3.05, 3.63) is 11.2 Å². The Balaban J connectivity index is 1.99. The molecule has 2 unspecified atom stereocenters. The van der Waals surface area contributed by atoms with Gasteiger partial charge in [-0.1, -0.05) is 26.2 Å². The predicted octanol–water partition coefficient (Wildman–Crippen LogP) is 3.70. The molecule has 1 aliphatic carbocycles. The molecule has 19 heavy (non-hydrogen) atoms. The molecule has 2 atom stereocenters.